The fourth-order valence-electron chi connectivity index (χ4n) is 2.60. The summed E-state index contributed by atoms with van der Waals surface area (Å²) in [4.78, 5) is 9.49. The lowest BCUT2D eigenvalue weighted by atomic mass is 10.0. The summed E-state index contributed by atoms with van der Waals surface area (Å²) in [5.41, 5.74) is 2.12. The summed E-state index contributed by atoms with van der Waals surface area (Å²) in [6.45, 7) is 6.67. The van der Waals surface area contributed by atoms with Crippen LogP contribution < -0.4 is 5.32 Å². The van der Waals surface area contributed by atoms with Gasteiger partial charge in [0.25, 0.3) is 0 Å². The maximum atomic E-state index is 4.69. The number of aromatic nitrogens is 2. The van der Waals surface area contributed by atoms with E-state index in [1.165, 1.54) is 4.88 Å². The zero-order valence-corrected chi connectivity index (χ0v) is 13.4. The van der Waals surface area contributed by atoms with E-state index in [1.54, 1.807) is 0 Å². The van der Waals surface area contributed by atoms with Crippen molar-refractivity contribution in [3.05, 3.63) is 52.5 Å². The Kier molecular flexibility index (Phi) is 4.08. The number of aromatic amines is 1. The molecule has 2 N–H and O–H groups in total. The first-order chi connectivity index (χ1) is 10.1. The maximum absolute atomic E-state index is 4.69. The molecule has 110 valence electrons. The van der Waals surface area contributed by atoms with Crippen molar-refractivity contribution >= 4 is 22.4 Å². The molecule has 3 nitrogen and oxygen atoms in total. The van der Waals surface area contributed by atoms with E-state index in [9.17, 15) is 0 Å². The van der Waals surface area contributed by atoms with Crippen LogP contribution in [0.15, 0.2) is 41.8 Å². The largest absolute Gasteiger partial charge is 0.341 e. The normalized spacial score (nSPS) is 14.7. The highest BCUT2D eigenvalue weighted by Gasteiger charge is 2.21. The van der Waals surface area contributed by atoms with Crippen molar-refractivity contribution in [3.63, 3.8) is 0 Å². The van der Waals surface area contributed by atoms with Crippen LogP contribution in [0.5, 0.6) is 0 Å². The number of hydrogen-bond donors (Lipinski definition) is 2. The number of thiophene rings is 1. The first kappa shape index (κ1) is 14.3. The molecule has 2 atom stereocenters. The molecule has 0 aliphatic carbocycles. The Morgan fingerprint density at radius 1 is 1.10 bits per heavy atom. The van der Waals surface area contributed by atoms with Crippen LogP contribution in [0, 0.1) is 5.92 Å². The van der Waals surface area contributed by atoms with Crippen LogP contribution in [0.3, 0.4) is 0 Å². The van der Waals surface area contributed by atoms with Crippen molar-refractivity contribution in [3.8, 4) is 0 Å². The highest BCUT2D eigenvalue weighted by Crippen LogP contribution is 2.28. The zero-order valence-electron chi connectivity index (χ0n) is 12.6. The van der Waals surface area contributed by atoms with Gasteiger partial charge in [0, 0.05) is 10.9 Å². The SMILES string of the molecule is CC(NC(c1cccs1)C(C)C)c1nc2ccccc2[nH]1. The van der Waals surface area contributed by atoms with E-state index in [1.807, 2.05) is 29.5 Å². The van der Waals surface area contributed by atoms with Crippen LogP contribution in [0.4, 0.5) is 0 Å². The second-order valence-electron chi connectivity index (χ2n) is 5.76. The van der Waals surface area contributed by atoms with E-state index in [0.29, 0.717) is 12.0 Å². The highest BCUT2D eigenvalue weighted by atomic mass is 32.1. The average molecular weight is 299 g/mol. The molecule has 1 aromatic carbocycles. The summed E-state index contributed by atoms with van der Waals surface area (Å²) >= 11 is 1.81. The third-order valence-corrected chi connectivity index (χ3v) is 4.72. The van der Waals surface area contributed by atoms with E-state index < -0.39 is 0 Å². The van der Waals surface area contributed by atoms with Crippen molar-refractivity contribution < 1.29 is 0 Å². The quantitative estimate of drug-likeness (QED) is 0.718. The molecular formula is C17H21N3S. The molecule has 0 aliphatic rings. The molecule has 3 rings (SSSR count). The molecular weight excluding hydrogens is 278 g/mol. The zero-order chi connectivity index (χ0) is 14.8. The van der Waals surface area contributed by atoms with E-state index in [0.717, 1.165) is 16.9 Å². The molecule has 4 heteroatoms. The summed E-state index contributed by atoms with van der Waals surface area (Å²) < 4.78 is 0. The second-order valence-corrected chi connectivity index (χ2v) is 6.74. The number of rotatable bonds is 5. The van der Waals surface area contributed by atoms with E-state index in [-0.39, 0.29) is 6.04 Å². The van der Waals surface area contributed by atoms with Gasteiger partial charge in [0.05, 0.1) is 17.1 Å². The molecule has 0 saturated heterocycles. The van der Waals surface area contributed by atoms with Crippen LogP contribution in [0.2, 0.25) is 0 Å². The first-order valence-electron chi connectivity index (χ1n) is 7.39. The number of benzene rings is 1. The molecule has 0 aliphatic heterocycles. The minimum Gasteiger partial charge on any atom is -0.341 e. The number of fused-ring (bicyclic) bond motifs is 1. The molecule has 0 fully saturated rings. The predicted octanol–water partition coefficient (Wildman–Crippen LogP) is 4.67. The maximum Gasteiger partial charge on any atom is 0.124 e. The fraction of sp³-hybridized carbons (Fsp3) is 0.353. The Morgan fingerprint density at radius 3 is 2.57 bits per heavy atom. The Labute approximate surface area is 129 Å². The Hall–Kier alpha value is -1.65. The fourth-order valence-corrected chi connectivity index (χ4v) is 3.56. The third-order valence-electron chi connectivity index (χ3n) is 3.76. The van der Waals surface area contributed by atoms with Crippen molar-refractivity contribution in [2.24, 2.45) is 5.92 Å². The summed E-state index contributed by atoms with van der Waals surface area (Å²) in [5, 5.41) is 5.85. The monoisotopic (exact) mass is 299 g/mol. The van der Waals surface area contributed by atoms with Gasteiger partial charge in [-0.15, -0.1) is 11.3 Å². The van der Waals surface area contributed by atoms with Crippen LogP contribution >= 0.6 is 11.3 Å². The topological polar surface area (TPSA) is 40.7 Å². The standard InChI is InChI=1S/C17H21N3S/c1-11(2)16(15-9-6-10-21-15)18-12(3)17-19-13-7-4-5-8-14(13)20-17/h4-12,16,18H,1-3H3,(H,19,20). The molecule has 0 radical (unpaired) electrons. The minimum absolute atomic E-state index is 0.187. The number of imidazole rings is 1. The van der Waals surface area contributed by atoms with Gasteiger partial charge in [0.1, 0.15) is 5.82 Å². The van der Waals surface area contributed by atoms with Crippen molar-refractivity contribution in [1.29, 1.82) is 0 Å². The van der Waals surface area contributed by atoms with E-state index in [4.69, 9.17) is 4.98 Å². The number of H-pyrrole nitrogens is 1. The van der Waals surface area contributed by atoms with Gasteiger partial charge in [-0.05, 0) is 36.4 Å². The molecule has 0 spiro atoms. The summed E-state index contributed by atoms with van der Waals surface area (Å²) in [5.74, 6) is 1.54. The first-order valence-corrected chi connectivity index (χ1v) is 8.27. The van der Waals surface area contributed by atoms with Crippen molar-refractivity contribution in [2.45, 2.75) is 32.9 Å². The van der Waals surface area contributed by atoms with E-state index in [2.05, 4.69) is 54.7 Å². The average Bonchev–Trinajstić information content (AvgIpc) is 3.12. The van der Waals surface area contributed by atoms with Gasteiger partial charge in [-0.25, -0.2) is 4.98 Å². The highest BCUT2D eigenvalue weighted by molar-refractivity contribution is 7.10. The Bertz CT molecular complexity index is 667. The third kappa shape index (κ3) is 3.01. The number of nitrogens with one attached hydrogen (secondary N) is 2. The van der Waals surface area contributed by atoms with Gasteiger partial charge in [0.2, 0.25) is 0 Å². The molecule has 0 amide bonds. The minimum atomic E-state index is 0.187. The van der Waals surface area contributed by atoms with Gasteiger partial charge >= 0.3 is 0 Å². The number of hydrogen-bond acceptors (Lipinski definition) is 3. The lowest BCUT2D eigenvalue weighted by Gasteiger charge is -2.24. The van der Waals surface area contributed by atoms with Gasteiger partial charge in [0.15, 0.2) is 0 Å². The van der Waals surface area contributed by atoms with Gasteiger partial charge < -0.3 is 4.98 Å². The van der Waals surface area contributed by atoms with Crippen molar-refractivity contribution in [2.75, 3.05) is 0 Å². The molecule has 21 heavy (non-hydrogen) atoms. The lowest BCUT2D eigenvalue weighted by Crippen LogP contribution is -2.28. The second kappa shape index (κ2) is 6.00. The molecule has 3 aromatic rings. The van der Waals surface area contributed by atoms with Crippen LogP contribution in [-0.4, -0.2) is 9.97 Å². The molecule has 2 unspecified atom stereocenters. The van der Waals surface area contributed by atoms with Crippen LogP contribution in [0.1, 0.15) is 43.6 Å². The smallest absolute Gasteiger partial charge is 0.124 e. The summed E-state index contributed by atoms with van der Waals surface area (Å²) in [6.07, 6.45) is 0. The summed E-state index contributed by atoms with van der Waals surface area (Å²) in [7, 11) is 0. The summed E-state index contributed by atoms with van der Waals surface area (Å²) in [6, 6.07) is 13.0. The predicted molar refractivity (Wildman–Crippen MR) is 89.5 cm³/mol. The Balaban J connectivity index is 1.82. The molecule has 0 bridgehead atoms. The van der Waals surface area contributed by atoms with Gasteiger partial charge in [-0.1, -0.05) is 32.0 Å². The van der Waals surface area contributed by atoms with E-state index >= 15 is 0 Å². The van der Waals surface area contributed by atoms with Crippen molar-refractivity contribution in [1.82, 2.24) is 15.3 Å². The number of para-hydroxylation sites is 2. The van der Waals surface area contributed by atoms with Gasteiger partial charge in [-0.3, -0.25) is 5.32 Å². The molecule has 2 heterocycles. The lowest BCUT2D eigenvalue weighted by molar-refractivity contribution is 0.373. The van der Waals surface area contributed by atoms with Gasteiger partial charge in [-0.2, -0.15) is 0 Å². The molecule has 0 saturated carbocycles. The van der Waals surface area contributed by atoms with Crippen LogP contribution in [-0.2, 0) is 0 Å². The Morgan fingerprint density at radius 2 is 1.90 bits per heavy atom. The van der Waals surface area contributed by atoms with Crippen LogP contribution in [0.25, 0.3) is 11.0 Å². The number of nitrogens with zero attached hydrogens (tertiary/aromatic N) is 1. The molecule has 2 aromatic heterocycles.